The number of rotatable bonds is 6. The Labute approximate surface area is 181 Å². The number of phenols is 1. The maximum absolute atomic E-state index is 12.9. The number of nitrogens with one attached hydrogen (secondary N) is 2. The number of hydrogen-bond donors (Lipinski definition) is 3. The minimum Gasteiger partial charge on any atom is -0.505 e. The highest BCUT2D eigenvalue weighted by Crippen LogP contribution is 2.35. The first-order valence-corrected chi connectivity index (χ1v) is 11.1. The molecule has 156 valence electrons. The highest BCUT2D eigenvalue weighted by atomic mass is 79.9. The molecule has 2 aromatic rings. The van der Waals surface area contributed by atoms with Gasteiger partial charge in [0.15, 0.2) is 5.75 Å². The van der Waals surface area contributed by atoms with E-state index in [1.54, 1.807) is 6.07 Å². The van der Waals surface area contributed by atoms with Crippen LogP contribution in [0.1, 0.15) is 16.8 Å². The molecule has 1 saturated heterocycles. The van der Waals surface area contributed by atoms with Gasteiger partial charge in [0.1, 0.15) is 10.6 Å². The van der Waals surface area contributed by atoms with E-state index in [9.17, 15) is 18.3 Å². The molecule has 3 N–H and O–H groups in total. The number of sulfonamides is 1. The van der Waals surface area contributed by atoms with E-state index >= 15 is 0 Å². The van der Waals surface area contributed by atoms with Gasteiger partial charge in [-0.3, -0.25) is 9.52 Å². The summed E-state index contributed by atoms with van der Waals surface area (Å²) in [5.41, 5.74) is -0.379. The van der Waals surface area contributed by atoms with Crippen LogP contribution >= 0.6 is 27.5 Å². The Hall–Kier alpha value is -2.01. The molecule has 1 aliphatic heterocycles. The maximum Gasteiger partial charge on any atom is 0.265 e. The van der Waals surface area contributed by atoms with Gasteiger partial charge in [-0.25, -0.2) is 8.42 Å². The van der Waals surface area contributed by atoms with E-state index in [2.05, 4.69) is 26.0 Å². The molecule has 1 heterocycles. The Balaban J connectivity index is 1.94. The van der Waals surface area contributed by atoms with Crippen LogP contribution in [0.2, 0.25) is 5.02 Å². The molecule has 1 amide bonds. The van der Waals surface area contributed by atoms with Crippen LogP contribution in [0.3, 0.4) is 0 Å². The molecule has 0 aromatic heterocycles. The van der Waals surface area contributed by atoms with E-state index in [1.165, 1.54) is 31.4 Å². The lowest BCUT2D eigenvalue weighted by Gasteiger charge is -2.16. The number of anilines is 1. The van der Waals surface area contributed by atoms with Crippen LogP contribution in [-0.2, 0) is 14.8 Å². The van der Waals surface area contributed by atoms with Crippen molar-refractivity contribution in [3.63, 3.8) is 0 Å². The van der Waals surface area contributed by atoms with Crippen molar-refractivity contribution >= 4 is 49.1 Å². The van der Waals surface area contributed by atoms with Crippen molar-refractivity contribution in [1.29, 1.82) is 0 Å². The maximum atomic E-state index is 12.9. The van der Waals surface area contributed by atoms with Crippen LogP contribution in [0.25, 0.3) is 0 Å². The molecule has 1 atom stereocenters. The van der Waals surface area contributed by atoms with E-state index in [4.69, 9.17) is 21.1 Å². The molecule has 0 saturated carbocycles. The summed E-state index contributed by atoms with van der Waals surface area (Å²) in [6.07, 6.45) is 0.648. The Kier molecular flexibility index (Phi) is 6.57. The van der Waals surface area contributed by atoms with Crippen molar-refractivity contribution in [2.24, 2.45) is 0 Å². The molecule has 3 rings (SSSR count). The standard InChI is InChI=1S/C18H18BrClN2O6S/c1-27-15-3-2-10(19)6-16(15)29(25,26)22-14-8-11(20)7-13(17(14)23)18(24)21-12-4-5-28-9-12/h2-3,6-8,12,22-23H,4-5,9H2,1H3,(H,21,24). The van der Waals surface area contributed by atoms with Crippen molar-refractivity contribution < 1.29 is 27.8 Å². The lowest BCUT2D eigenvalue weighted by Crippen LogP contribution is -2.35. The fourth-order valence-electron chi connectivity index (χ4n) is 2.82. The third-order valence-corrected chi connectivity index (χ3v) is 6.34. The van der Waals surface area contributed by atoms with E-state index < -0.39 is 21.7 Å². The van der Waals surface area contributed by atoms with Gasteiger partial charge in [-0.1, -0.05) is 27.5 Å². The lowest BCUT2D eigenvalue weighted by molar-refractivity contribution is 0.0927. The van der Waals surface area contributed by atoms with Gasteiger partial charge in [0.05, 0.1) is 31.0 Å². The summed E-state index contributed by atoms with van der Waals surface area (Å²) in [6, 6.07) is 6.76. The van der Waals surface area contributed by atoms with Gasteiger partial charge in [-0.05, 0) is 36.8 Å². The number of phenolic OH excluding ortho intramolecular Hbond substituents is 1. The number of amides is 1. The first-order chi connectivity index (χ1) is 13.7. The number of halogens is 2. The Morgan fingerprint density at radius 1 is 1.34 bits per heavy atom. The zero-order valence-corrected chi connectivity index (χ0v) is 18.4. The zero-order chi connectivity index (χ0) is 21.2. The minimum absolute atomic E-state index is 0.0783. The molecule has 0 bridgehead atoms. The average Bonchev–Trinajstić information content (AvgIpc) is 3.17. The SMILES string of the molecule is COc1ccc(Br)cc1S(=O)(=O)Nc1cc(Cl)cc(C(=O)NC2CCOC2)c1O. The second kappa shape index (κ2) is 8.78. The summed E-state index contributed by atoms with van der Waals surface area (Å²) in [7, 11) is -2.82. The molecule has 29 heavy (non-hydrogen) atoms. The molecule has 0 radical (unpaired) electrons. The highest BCUT2D eigenvalue weighted by molar-refractivity contribution is 9.10. The lowest BCUT2D eigenvalue weighted by atomic mass is 10.1. The summed E-state index contributed by atoms with van der Waals surface area (Å²) in [5, 5.41) is 13.3. The number of aromatic hydroxyl groups is 1. The second-order valence-corrected chi connectivity index (χ2v) is 9.29. The van der Waals surface area contributed by atoms with Crippen LogP contribution in [0.4, 0.5) is 5.69 Å². The van der Waals surface area contributed by atoms with Gasteiger partial charge in [0.25, 0.3) is 15.9 Å². The van der Waals surface area contributed by atoms with Gasteiger partial charge >= 0.3 is 0 Å². The molecular formula is C18H18BrClN2O6S. The van der Waals surface area contributed by atoms with Crippen molar-refractivity contribution in [3.8, 4) is 11.5 Å². The van der Waals surface area contributed by atoms with Crippen molar-refractivity contribution in [2.45, 2.75) is 17.4 Å². The topological polar surface area (TPSA) is 114 Å². The number of benzene rings is 2. The molecule has 8 nitrogen and oxygen atoms in total. The minimum atomic E-state index is -4.16. The molecule has 2 aromatic carbocycles. The van der Waals surface area contributed by atoms with Crippen molar-refractivity contribution in [2.75, 3.05) is 25.0 Å². The first kappa shape index (κ1) is 21.7. The fourth-order valence-corrected chi connectivity index (χ4v) is 4.81. The number of ether oxygens (including phenoxy) is 2. The van der Waals surface area contributed by atoms with Crippen LogP contribution in [0, 0.1) is 0 Å². The second-order valence-electron chi connectivity index (χ2n) is 6.28. The molecule has 1 fully saturated rings. The number of methoxy groups -OCH3 is 1. The summed E-state index contributed by atoms with van der Waals surface area (Å²) in [6.45, 7) is 0.904. The first-order valence-electron chi connectivity index (χ1n) is 8.48. The van der Waals surface area contributed by atoms with E-state index in [-0.39, 0.29) is 33.0 Å². The van der Waals surface area contributed by atoms with Gasteiger partial charge < -0.3 is 19.9 Å². The van der Waals surface area contributed by atoms with E-state index in [0.717, 1.165) is 0 Å². The summed E-state index contributed by atoms with van der Waals surface area (Å²) < 4.78 is 38.9. The normalized spacial score (nSPS) is 16.4. The van der Waals surface area contributed by atoms with Crippen LogP contribution in [0.5, 0.6) is 11.5 Å². The zero-order valence-electron chi connectivity index (χ0n) is 15.2. The van der Waals surface area contributed by atoms with Crippen LogP contribution in [-0.4, -0.2) is 45.8 Å². The molecule has 11 heteroatoms. The van der Waals surface area contributed by atoms with Gasteiger partial charge in [0, 0.05) is 16.1 Å². The highest BCUT2D eigenvalue weighted by Gasteiger charge is 2.25. The fraction of sp³-hybridized carbons (Fsp3) is 0.278. The number of hydrogen-bond acceptors (Lipinski definition) is 6. The van der Waals surface area contributed by atoms with Gasteiger partial charge in [-0.2, -0.15) is 0 Å². The predicted octanol–water partition coefficient (Wildman–Crippen LogP) is 3.14. The Morgan fingerprint density at radius 2 is 2.10 bits per heavy atom. The monoisotopic (exact) mass is 504 g/mol. The smallest absolute Gasteiger partial charge is 0.265 e. The average molecular weight is 506 g/mol. The van der Waals surface area contributed by atoms with E-state index in [0.29, 0.717) is 24.1 Å². The summed E-state index contributed by atoms with van der Waals surface area (Å²) in [4.78, 5) is 12.4. The Morgan fingerprint density at radius 3 is 2.76 bits per heavy atom. The summed E-state index contributed by atoms with van der Waals surface area (Å²) >= 11 is 9.28. The van der Waals surface area contributed by atoms with Crippen LogP contribution in [0.15, 0.2) is 39.7 Å². The molecule has 1 aliphatic rings. The van der Waals surface area contributed by atoms with E-state index in [1.807, 2.05) is 0 Å². The summed E-state index contributed by atoms with van der Waals surface area (Å²) in [5.74, 6) is -1.01. The Bertz CT molecular complexity index is 1040. The number of carbonyl (C=O) groups excluding carboxylic acids is 1. The predicted molar refractivity (Wildman–Crippen MR) is 111 cm³/mol. The molecule has 1 unspecified atom stereocenters. The molecule has 0 spiro atoms. The largest absolute Gasteiger partial charge is 0.505 e. The van der Waals surface area contributed by atoms with Crippen molar-refractivity contribution in [3.05, 3.63) is 45.4 Å². The van der Waals surface area contributed by atoms with Crippen molar-refractivity contribution in [1.82, 2.24) is 5.32 Å². The third-order valence-electron chi connectivity index (χ3n) is 4.24. The number of carbonyl (C=O) groups is 1. The van der Waals surface area contributed by atoms with Crippen LogP contribution < -0.4 is 14.8 Å². The quantitative estimate of drug-likeness (QED) is 0.520. The third kappa shape index (κ3) is 4.95. The van der Waals surface area contributed by atoms with Gasteiger partial charge in [-0.15, -0.1) is 0 Å². The van der Waals surface area contributed by atoms with Gasteiger partial charge in [0.2, 0.25) is 0 Å². The molecular weight excluding hydrogens is 488 g/mol. The molecule has 0 aliphatic carbocycles.